The molecule has 1 atom stereocenters. The maximum Gasteiger partial charge on any atom is 0.261 e. The highest BCUT2D eigenvalue weighted by molar-refractivity contribution is 7.92. The first-order valence-electron chi connectivity index (χ1n) is 13.3. The minimum absolute atomic E-state index is 0.0324. The second-order valence-corrected chi connectivity index (χ2v) is 11.1. The summed E-state index contributed by atoms with van der Waals surface area (Å²) in [6.07, 6.45) is 2.89. The fraction of sp³-hybridized carbons (Fsp3) is 0.333. The number of nitrogens with zero attached hydrogens (tertiary/aromatic N) is 1. The zero-order chi connectivity index (χ0) is 29.8. The van der Waals surface area contributed by atoms with Gasteiger partial charge in [0.15, 0.2) is 6.61 Å². The van der Waals surface area contributed by atoms with Crippen molar-refractivity contribution in [1.82, 2.24) is 10.2 Å². The van der Waals surface area contributed by atoms with E-state index >= 15 is 0 Å². The summed E-state index contributed by atoms with van der Waals surface area (Å²) in [5, 5.41) is 2.90. The molecule has 0 spiro atoms. The van der Waals surface area contributed by atoms with Crippen molar-refractivity contribution >= 4 is 27.5 Å². The van der Waals surface area contributed by atoms with E-state index < -0.39 is 27.8 Å². The molecule has 11 heteroatoms. The highest BCUT2D eigenvalue weighted by Crippen LogP contribution is 2.20. The predicted molar refractivity (Wildman–Crippen MR) is 155 cm³/mol. The Hall–Kier alpha value is -4.12. The van der Waals surface area contributed by atoms with Crippen molar-refractivity contribution in [2.45, 2.75) is 50.6 Å². The molecule has 2 amide bonds. The molecule has 0 unspecified atom stereocenters. The van der Waals surface area contributed by atoms with Gasteiger partial charge in [-0.1, -0.05) is 31.9 Å². The van der Waals surface area contributed by atoms with Crippen LogP contribution < -0.4 is 19.5 Å². The van der Waals surface area contributed by atoms with E-state index in [0.29, 0.717) is 12.3 Å². The molecular formula is C30H36FN3O6S. The van der Waals surface area contributed by atoms with Gasteiger partial charge in [-0.3, -0.25) is 14.3 Å². The molecule has 0 aromatic heterocycles. The van der Waals surface area contributed by atoms with Crippen molar-refractivity contribution in [3.8, 4) is 11.5 Å². The number of unbranched alkanes of at least 4 members (excludes halogenated alkanes) is 2. The normalized spacial score (nSPS) is 11.8. The van der Waals surface area contributed by atoms with Gasteiger partial charge in [0.05, 0.1) is 12.0 Å². The van der Waals surface area contributed by atoms with Crippen LogP contribution in [0.1, 0.15) is 38.7 Å². The Morgan fingerprint density at radius 3 is 2.17 bits per heavy atom. The van der Waals surface area contributed by atoms with Gasteiger partial charge < -0.3 is 19.7 Å². The first-order valence-corrected chi connectivity index (χ1v) is 14.8. The fourth-order valence-corrected chi connectivity index (χ4v) is 4.98. The molecule has 0 radical (unpaired) electrons. The van der Waals surface area contributed by atoms with Gasteiger partial charge in [-0.15, -0.1) is 0 Å². The minimum atomic E-state index is -3.92. The molecule has 0 aliphatic rings. The van der Waals surface area contributed by atoms with Crippen molar-refractivity contribution in [3.63, 3.8) is 0 Å². The van der Waals surface area contributed by atoms with Gasteiger partial charge >= 0.3 is 0 Å². The number of rotatable bonds is 15. The van der Waals surface area contributed by atoms with Crippen LogP contribution in [-0.2, 0) is 26.2 Å². The van der Waals surface area contributed by atoms with Gasteiger partial charge in [-0.25, -0.2) is 12.8 Å². The Balaban J connectivity index is 1.67. The number of hydrogen-bond acceptors (Lipinski definition) is 6. The molecule has 41 heavy (non-hydrogen) atoms. The molecule has 0 aliphatic carbocycles. The smallest absolute Gasteiger partial charge is 0.261 e. The molecule has 0 saturated carbocycles. The topological polar surface area (TPSA) is 114 Å². The number of halogens is 1. The molecule has 2 N–H and O–H groups in total. The molecule has 3 aromatic carbocycles. The quantitative estimate of drug-likeness (QED) is 0.249. The summed E-state index contributed by atoms with van der Waals surface area (Å²) in [5.41, 5.74) is 1.03. The lowest BCUT2D eigenvalue weighted by atomic mass is 10.1. The van der Waals surface area contributed by atoms with Gasteiger partial charge in [0, 0.05) is 18.8 Å². The lowest BCUT2D eigenvalue weighted by molar-refractivity contribution is -0.142. The summed E-state index contributed by atoms with van der Waals surface area (Å²) in [6.45, 7) is 4.11. The number of carbonyl (C=O) groups excluding carboxylic acids is 2. The Morgan fingerprint density at radius 2 is 1.56 bits per heavy atom. The number of hydrogen-bond donors (Lipinski definition) is 2. The monoisotopic (exact) mass is 585 g/mol. The van der Waals surface area contributed by atoms with Crippen LogP contribution >= 0.6 is 0 Å². The van der Waals surface area contributed by atoms with E-state index in [2.05, 4.69) is 17.0 Å². The minimum Gasteiger partial charge on any atom is -0.497 e. The molecule has 0 fully saturated rings. The van der Waals surface area contributed by atoms with Crippen LogP contribution in [0.25, 0.3) is 0 Å². The van der Waals surface area contributed by atoms with Gasteiger partial charge in [0.1, 0.15) is 23.4 Å². The molecule has 3 aromatic rings. The Labute approximate surface area is 240 Å². The molecule has 0 aliphatic heterocycles. The van der Waals surface area contributed by atoms with Crippen molar-refractivity contribution in [2.75, 3.05) is 25.0 Å². The van der Waals surface area contributed by atoms with Crippen molar-refractivity contribution in [3.05, 3.63) is 84.2 Å². The number of benzene rings is 3. The predicted octanol–water partition coefficient (Wildman–Crippen LogP) is 4.74. The summed E-state index contributed by atoms with van der Waals surface area (Å²) < 4.78 is 51.7. The average molecular weight is 586 g/mol. The van der Waals surface area contributed by atoms with Gasteiger partial charge in [-0.2, -0.15) is 0 Å². The number of amides is 2. The van der Waals surface area contributed by atoms with E-state index in [9.17, 15) is 22.4 Å². The molecule has 9 nitrogen and oxygen atoms in total. The highest BCUT2D eigenvalue weighted by atomic mass is 32.2. The zero-order valence-electron chi connectivity index (χ0n) is 23.4. The number of sulfonamides is 1. The third kappa shape index (κ3) is 9.49. The summed E-state index contributed by atoms with van der Waals surface area (Å²) in [5.74, 6) is -0.193. The lowest BCUT2D eigenvalue weighted by Gasteiger charge is -2.29. The molecule has 220 valence electrons. The van der Waals surface area contributed by atoms with Gasteiger partial charge in [0.2, 0.25) is 5.91 Å². The van der Waals surface area contributed by atoms with Crippen LogP contribution in [0.3, 0.4) is 0 Å². The summed E-state index contributed by atoms with van der Waals surface area (Å²) in [6, 6.07) is 17.0. The second kappa shape index (κ2) is 15.0. The molecule has 0 heterocycles. The van der Waals surface area contributed by atoms with Gasteiger partial charge in [-0.05, 0) is 79.6 Å². The third-order valence-corrected chi connectivity index (χ3v) is 7.75. The van der Waals surface area contributed by atoms with E-state index in [1.165, 1.54) is 41.3 Å². The number of carbonyl (C=O) groups is 2. The Kier molecular flexibility index (Phi) is 11.5. The maximum atomic E-state index is 13.3. The second-order valence-electron chi connectivity index (χ2n) is 9.42. The van der Waals surface area contributed by atoms with E-state index in [0.717, 1.165) is 37.0 Å². The number of anilines is 1. The summed E-state index contributed by atoms with van der Waals surface area (Å²) >= 11 is 0. The Morgan fingerprint density at radius 1 is 0.927 bits per heavy atom. The van der Waals surface area contributed by atoms with Crippen LogP contribution in [0.2, 0.25) is 0 Å². The highest BCUT2D eigenvalue weighted by Gasteiger charge is 2.26. The van der Waals surface area contributed by atoms with Crippen LogP contribution in [-0.4, -0.2) is 51.4 Å². The van der Waals surface area contributed by atoms with Crippen LogP contribution in [0, 0.1) is 5.82 Å². The fourth-order valence-electron chi connectivity index (χ4n) is 3.92. The third-order valence-electron chi connectivity index (χ3n) is 6.35. The van der Waals surface area contributed by atoms with Crippen molar-refractivity contribution < 1.29 is 31.9 Å². The molecule has 0 saturated heterocycles. The van der Waals surface area contributed by atoms with Crippen molar-refractivity contribution in [2.24, 2.45) is 0 Å². The largest absolute Gasteiger partial charge is 0.497 e. The summed E-state index contributed by atoms with van der Waals surface area (Å²) in [4.78, 5) is 27.5. The van der Waals surface area contributed by atoms with E-state index in [4.69, 9.17) is 9.47 Å². The van der Waals surface area contributed by atoms with E-state index in [1.54, 1.807) is 26.2 Å². The standard InChI is InChI=1S/C30H36FN3O6S/c1-4-5-6-19-32-30(36)22(2)34(20-23-7-13-26(39-3)14-8-23)29(35)21-40-27-15-17-28(18-16-27)41(37,38)33-25-11-9-24(31)10-12-25/h7-18,22,33H,4-6,19-21H2,1-3H3,(H,32,36)/t22-/m1/s1. The molecule has 0 bridgehead atoms. The lowest BCUT2D eigenvalue weighted by Crippen LogP contribution is -2.49. The van der Waals surface area contributed by atoms with Gasteiger partial charge in [0.25, 0.3) is 15.9 Å². The maximum absolute atomic E-state index is 13.3. The van der Waals surface area contributed by atoms with Crippen molar-refractivity contribution in [1.29, 1.82) is 0 Å². The van der Waals surface area contributed by atoms with Crippen LogP contribution in [0.5, 0.6) is 11.5 Å². The van der Waals surface area contributed by atoms with Crippen LogP contribution in [0.15, 0.2) is 77.7 Å². The van der Waals surface area contributed by atoms with E-state index in [1.807, 2.05) is 12.1 Å². The molecule has 3 rings (SSSR count). The van der Waals surface area contributed by atoms with E-state index in [-0.39, 0.29) is 35.4 Å². The Bertz CT molecular complexity index is 1380. The number of ether oxygens (including phenoxy) is 2. The SMILES string of the molecule is CCCCCNC(=O)[C@@H](C)N(Cc1ccc(OC)cc1)C(=O)COc1ccc(S(=O)(=O)Nc2ccc(F)cc2)cc1. The first-order chi connectivity index (χ1) is 19.6. The number of nitrogens with one attached hydrogen (secondary N) is 2. The average Bonchev–Trinajstić information content (AvgIpc) is 2.98. The summed E-state index contributed by atoms with van der Waals surface area (Å²) in [7, 11) is -2.35. The number of methoxy groups -OCH3 is 1. The first kappa shape index (κ1) is 31.4. The van der Waals surface area contributed by atoms with Crippen LogP contribution in [0.4, 0.5) is 10.1 Å². The molecular weight excluding hydrogens is 549 g/mol. The zero-order valence-corrected chi connectivity index (χ0v) is 24.2.